The molecule has 1 saturated carbocycles. The zero-order valence-electron chi connectivity index (χ0n) is 10.3. The minimum atomic E-state index is 0.139. The number of nitrogens with two attached hydrogens (primary N) is 1. The van der Waals surface area contributed by atoms with Crippen molar-refractivity contribution in [2.24, 2.45) is 0 Å². The smallest absolute Gasteiger partial charge is 0.137 e. The van der Waals surface area contributed by atoms with Crippen LogP contribution in [0.2, 0.25) is 0 Å². The van der Waals surface area contributed by atoms with Crippen LogP contribution in [0.1, 0.15) is 31.2 Å². The Kier molecular flexibility index (Phi) is 3.78. The van der Waals surface area contributed by atoms with Crippen molar-refractivity contribution in [2.75, 3.05) is 23.8 Å². The number of aliphatic hydroxyl groups excluding tert-OH is 1. The summed E-state index contributed by atoms with van der Waals surface area (Å²) in [6, 6.07) is 0.482. The topological polar surface area (TPSA) is 75.3 Å². The van der Waals surface area contributed by atoms with Crippen LogP contribution in [0.5, 0.6) is 0 Å². The predicted octanol–water partition coefficient (Wildman–Crippen LogP) is 1.11. The molecule has 0 spiro atoms. The van der Waals surface area contributed by atoms with E-state index in [1.54, 1.807) is 0 Å². The number of aliphatic hydroxyl groups is 1. The standard InChI is InChI=1S/C12H20N4O/c1-9-11(13)14-8-15-12(9)16(6-7-17)10-4-2-3-5-10/h8,10,17H,2-7H2,1H3,(H2,13,14,15). The Morgan fingerprint density at radius 1 is 1.41 bits per heavy atom. The monoisotopic (exact) mass is 236 g/mol. The molecule has 1 aliphatic rings. The Labute approximate surface area is 102 Å². The van der Waals surface area contributed by atoms with Crippen molar-refractivity contribution in [2.45, 2.75) is 38.6 Å². The molecule has 0 bridgehead atoms. The van der Waals surface area contributed by atoms with Crippen LogP contribution in [-0.4, -0.2) is 34.3 Å². The van der Waals surface area contributed by atoms with Crippen molar-refractivity contribution in [3.05, 3.63) is 11.9 Å². The van der Waals surface area contributed by atoms with Gasteiger partial charge in [-0.15, -0.1) is 0 Å². The van der Waals surface area contributed by atoms with Gasteiger partial charge in [0.2, 0.25) is 0 Å². The van der Waals surface area contributed by atoms with E-state index in [1.165, 1.54) is 32.0 Å². The summed E-state index contributed by atoms with van der Waals surface area (Å²) in [6.45, 7) is 2.69. The fraction of sp³-hybridized carbons (Fsp3) is 0.667. The van der Waals surface area contributed by atoms with E-state index >= 15 is 0 Å². The lowest BCUT2D eigenvalue weighted by Gasteiger charge is -2.30. The van der Waals surface area contributed by atoms with Crippen LogP contribution < -0.4 is 10.6 Å². The molecule has 1 aliphatic carbocycles. The maximum absolute atomic E-state index is 9.20. The zero-order chi connectivity index (χ0) is 12.3. The number of hydrogen-bond donors (Lipinski definition) is 2. The fourth-order valence-corrected chi connectivity index (χ4v) is 2.53. The first-order valence-corrected chi connectivity index (χ1v) is 6.18. The zero-order valence-corrected chi connectivity index (χ0v) is 10.3. The van der Waals surface area contributed by atoms with Gasteiger partial charge in [0.25, 0.3) is 0 Å². The van der Waals surface area contributed by atoms with E-state index < -0.39 is 0 Å². The lowest BCUT2D eigenvalue weighted by molar-refractivity contribution is 0.296. The van der Waals surface area contributed by atoms with Crippen molar-refractivity contribution in [3.63, 3.8) is 0 Å². The molecule has 0 amide bonds. The lowest BCUT2D eigenvalue weighted by atomic mass is 10.2. The lowest BCUT2D eigenvalue weighted by Crippen LogP contribution is -2.37. The molecule has 0 unspecified atom stereocenters. The van der Waals surface area contributed by atoms with Crippen molar-refractivity contribution in [1.82, 2.24) is 9.97 Å². The molecule has 0 radical (unpaired) electrons. The van der Waals surface area contributed by atoms with E-state index in [-0.39, 0.29) is 6.61 Å². The first-order valence-electron chi connectivity index (χ1n) is 6.18. The van der Waals surface area contributed by atoms with Crippen molar-refractivity contribution >= 4 is 11.6 Å². The Morgan fingerprint density at radius 3 is 2.76 bits per heavy atom. The highest BCUT2D eigenvalue weighted by molar-refractivity contribution is 5.56. The molecule has 1 fully saturated rings. The maximum Gasteiger partial charge on any atom is 0.137 e. The summed E-state index contributed by atoms with van der Waals surface area (Å²) < 4.78 is 0. The minimum Gasteiger partial charge on any atom is -0.395 e. The molecule has 5 nitrogen and oxygen atoms in total. The second-order valence-corrected chi connectivity index (χ2v) is 4.56. The third-order valence-corrected chi connectivity index (χ3v) is 3.47. The van der Waals surface area contributed by atoms with Gasteiger partial charge in [0.1, 0.15) is 18.0 Å². The molecule has 0 aromatic carbocycles. The van der Waals surface area contributed by atoms with E-state index in [2.05, 4.69) is 14.9 Å². The summed E-state index contributed by atoms with van der Waals surface area (Å²) in [6.07, 6.45) is 6.35. The third kappa shape index (κ3) is 2.49. The second kappa shape index (κ2) is 5.31. The highest BCUT2D eigenvalue weighted by Gasteiger charge is 2.24. The molecule has 5 heteroatoms. The summed E-state index contributed by atoms with van der Waals surface area (Å²) >= 11 is 0. The Bertz CT molecular complexity index is 377. The van der Waals surface area contributed by atoms with Gasteiger partial charge in [0, 0.05) is 18.2 Å². The fourth-order valence-electron chi connectivity index (χ4n) is 2.53. The first-order chi connectivity index (χ1) is 8.24. The largest absolute Gasteiger partial charge is 0.395 e. The van der Waals surface area contributed by atoms with Gasteiger partial charge in [-0.2, -0.15) is 0 Å². The van der Waals surface area contributed by atoms with Gasteiger partial charge >= 0.3 is 0 Å². The minimum absolute atomic E-state index is 0.139. The van der Waals surface area contributed by atoms with Crippen LogP contribution in [0.3, 0.4) is 0 Å². The van der Waals surface area contributed by atoms with Gasteiger partial charge in [0.15, 0.2) is 0 Å². The highest BCUT2D eigenvalue weighted by atomic mass is 16.3. The summed E-state index contributed by atoms with van der Waals surface area (Å²) in [7, 11) is 0. The highest BCUT2D eigenvalue weighted by Crippen LogP contribution is 2.29. The van der Waals surface area contributed by atoms with Crippen LogP contribution in [0.4, 0.5) is 11.6 Å². The second-order valence-electron chi connectivity index (χ2n) is 4.56. The summed E-state index contributed by atoms with van der Waals surface area (Å²) in [5, 5.41) is 9.20. The molecule has 1 aromatic rings. The van der Waals surface area contributed by atoms with Gasteiger partial charge in [-0.05, 0) is 19.8 Å². The molecule has 3 N–H and O–H groups in total. The van der Waals surface area contributed by atoms with Gasteiger partial charge in [0.05, 0.1) is 6.61 Å². The summed E-state index contributed by atoms with van der Waals surface area (Å²) in [4.78, 5) is 10.5. The van der Waals surface area contributed by atoms with Crippen LogP contribution in [0.25, 0.3) is 0 Å². The van der Waals surface area contributed by atoms with E-state index in [0.29, 0.717) is 18.4 Å². The molecular weight excluding hydrogens is 216 g/mol. The number of nitrogen functional groups attached to an aromatic ring is 1. The van der Waals surface area contributed by atoms with Crippen molar-refractivity contribution in [3.8, 4) is 0 Å². The molecule has 0 saturated heterocycles. The van der Waals surface area contributed by atoms with Crippen LogP contribution in [0.15, 0.2) is 6.33 Å². The predicted molar refractivity (Wildman–Crippen MR) is 67.9 cm³/mol. The van der Waals surface area contributed by atoms with Crippen LogP contribution in [-0.2, 0) is 0 Å². The Morgan fingerprint density at radius 2 is 2.12 bits per heavy atom. The average molecular weight is 236 g/mol. The maximum atomic E-state index is 9.20. The van der Waals surface area contributed by atoms with E-state index in [1.807, 2.05) is 6.92 Å². The number of anilines is 2. The van der Waals surface area contributed by atoms with Gasteiger partial charge in [-0.1, -0.05) is 12.8 Å². The molecule has 0 atom stereocenters. The van der Waals surface area contributed by atoms with Crippen molar-refractivity contribution < 1.29 is 5.11 Å². The summed E-state index contributed by atoms with van der Waals surface area (Å²) in [5.74, 6) is 1.40. The molecule has 94 valence electrons. The Balaban J connectivity index is 2.27. The number of rotatable bonds is 4. The number of nitrogens with zero attached hydrogens (tertiary/aromatic N) is 3. The van der Waals surface area contributed by atoms with E-state index in [4.69, 9.17) is 5.73 Å². The van der Waals surface area contributed by atoms with E-state index in [0.717, 1.165) is 11.4 Å². The SMILES string of the molecule is Cc1c(N)ncnc1N(CCO)C1CCCC1. The molecule has 2 rings (SSSR count). The quantitative estimate of drug-likeness (QED) is 0.819. The molecular formula is C12H20N4O. The molecule has 0 aliphatic heterocycles. The van der Waals surface area contributed by atoms with Crippen molar-refractivity contribution in [1.29, 1.82) is 0 Å². The van der Waals surface area contributed by atoms with Gasteiger partial charge in [-0.25, -0.2) is 9.97 Å². The van der Waals surface area contributed by atoms with Crippen LogP contribution >= 0.6 is 0 Å². The van der Waals surface area contributed by atoms with Crippen LogP contribution in [0, 0.1) is 6.92 Å². The molecule has 17 heavy (non-hydrogen) atoms. The summed E-state index contributed by atoms with van der Waals surface area (Å²) in [5.41, 5.74) is 6.72. The first kappa shape index (κ1) is 12.1. The van der Waals surface area contributed by atoms with Gasteiger partial charge in [-0.3, -0.25) is 0 Å². The normalized spacial score (nSPS) is 16.4. The third-order valence-electron chi connectivity index (χ3n) is 3.47. The van der Waals surface area contributed by atoms with Gasteiger partial charge < -0.3 is 15.7 Å². The van der Waals surface area contributed by atoms with E-state index in [9.17, 15) is 5.11 Å². The average Bonchev–Trinajstić information content (AvgIpc) is 2.84. The molecule has 1 heterocycles. The molecule has 1 aromatic heterocycles. The number of aromatic nitrogens is 2. The number of hydrogen-bond acceptors (Lipinski definition) is 5. The Hall–Kier alpha value is -1.36.